The first-order chi connectivity index (χ1) is 9.19. The smallest absolute Gasteiger partial charge is 0.137 e. The van der Waals surface area contributed by atoms with Gasteiger partial charge in [-0.05, 0) is 44.0 Å². The van der Waals surface area contributed by atoms with E-state index in [0.717, 1.165) is 42.2 Å². The molecule has 1 N–H and O–H groups in total. The molecule has 0 aliphatic rings. The Bertz CT molecular complexity index is 373. The number of benzene rings is 1. The molecule has 19 heavy (non-hydrogen) atoms. The lowest BCUT2D eigenvalue weighted by Gasteiger charge is -2.14. The third-order valence-electron chi connectivity index (χ3n) is 2.91. The second-order valence-electron chi connectivity index (χ2n) is 4.56. The van der Waals surface area contributed by atoms with Crippen molar-refractivity contribution in [3.05, 3.63) is 29.6 Å². The van der Waals surface area contributed by atoms with E-state index in [-0.39, 0.29) is 11.9 Å². The van der Waals surface area contributed by atoms with Gasteiger partial charge in [0.1, 0.15) is 5.82 Å². The first-order valence-corrected chi connectivity index (χ1v) is 7.82. The van der Waals surface area contributed by atoms with E-state index in [4.69, 9.17) is 4.74 Å². The Morgan fingerprint density at radius 1 is 1.42 bits per heavy atom. The molecule has 1 aromatic rings. The molecule has 0 aliphatic carbocycles. The molecule has 2 nitrogen and oxygen atoms in total. The summed E-state index contributed by atoms with van der Waals surface area (Å²) in [6, 6.07) is 5.73. The van der Waals surface area contributed by atoms with Gasteiger partial charge in [0.25, 0.3) is 0 Å². The van der Waals surface area contributed by atoms with Crippen LogP contribution >= 0.6 is 11.8 Å². The van der Waals surface area contributed by atoms with E-state index in [1.54, 1.807) is 24.9 Å². The minimum Gasteiger partial charge on any atom is -0.385 e. The molecular weight excluding hydrogens is 261 g/mol. The SMILES string of the molecule is CCCNC(C)c1ccc(SCCCOC)c(F)c1. The highest BCUT2D eigenvalue weighted by molar-refractivity contribution is 7.99. The molecule has 0 radical (unpaired) electrons. The maximum Gasteiger partial charge on any atom is 0.137 e. The zero-order valence-electron chi connectivity index (χ0n) is 12.0. The van der Waals surface area contributed by atoms with Crippen molar-refractivity contribution in [2.24, 2.45) is 0 Å². The lowest BCUT2D eigenvalue weighted by Crippen LogP contribution is -2.19. The van der Waals surface area contributed by atoms with Gasteiger partial charge in [-0.2, -0.15) is 0 Å². The molecule has 1 unspecified atom stereocenters. The van der Waals surface area contributed by atoms with Crippen LogP contribution in [0.15, 0.2) is 23.1 Å². The Kier molecular flexibility index (Phi) is 8.10. The van der Waals surface area contributed by atoms with Crippen LogP contribution in [0.1, 0.15) is 38.3 Å². The van der Waals surface area contributed by atoms with Gasteiger partial charge in [-0.15, -0.1) is 11.8 Å². The van der Waals surface area contributed by atoms with E-state index in [9.17, 15) is 4.39 Å². The van der Waals surface area contributed by atoms with Gasteiger partial charge in [0, 0.05) is 30.4 Å². The number of hydrogen-bond acceptors (Lipinski definition) is 3. The summed E-state index contributed by atoms with van der Waals surface area (Å²) in [6.07, 6.45) is 2.02. The number of thioether (sulfide) groups is 1. The number of ether oxygens (including phenoxy) is 1. The molecule has 1 rings (SSSR count). The molecular formula is C15H24FNOS. The fourth-order valence-corrected chi connectivity index (χ4v) is 2.61. The molecule has 1 aromatic carbocycles. The number of rotatable bonds is 9. The monoisotopic (exact) mass is 285 g/mol. The average molecular weight is 285 g/mol. The molecule has 4 heteroatoms. The third-order valence-corrected chi connectivity index (χ3v) is 4.04. The number of methoxy groups -OCH3 is 1. The van der Waals surface area contributed by atoms with Crippen LogP contribution in [0.3, 0.4) is 0 Å². The van der Waals surface area contributed by atoms with Crippen LogP contribution in [0, 0.1) is 5.82 Å². The largest absolute Gasteiger partial charge is 0.385 e. The van der Waals surface area contributed by atoms with Gasteiger partial charge in [-0.25, -0.2) is 4.39 Å². The summed E-state index contributed by atoms with van der Waals surface area (Å²) >= 11 is 1.55. The van der Waals surface area contributed by atoms with Gasteiger partial charge >= 0.3 is 0 Å². The average Bonchev–Trinajstić information content (AvgIpc) is 2.42. The van der Waals surface area contributed by atoms with Gasteiger partial charge in [0.05, 0.1) is 0 Å². The standard InChI is InChI=1S/C15H24FNOS/c1-4-8-17-12(2)13-6-7-15(14(16)11-13)19-10-5-9-18-3/h6-7,11-12,17H,4-5,8-10H2,1-3H3. The molecule has 0 saturated heterocycles. The quantitative estimate of drug-likeness (QED) is 0.547. The Morgan fingerprint density at radius 3 is 2.84 bits per heavy atom. The van der Waals surface area contributed by atoms with Gasteiger partial charge in [-0.3, -0.25) is 0 Å². The van der Waals surface area contributed by atoms with Crippen LogP contribution in [-0.2, 0) is 4.74 Å². The summed E-state index contributed by atoms with van der Waals surface area (Å²) < 4.78 is 18.9. The van der Waals surface area contributed by atoms with E-state index in [2.05, 4.69) is 19.2 Å². The topological polar surface area (TPSA) is 21.3 Å². The van der Waals surface area contributed by atoms with Crippen molar-refractivity contribution in [3.63, 3.8) is 0 Å². The van der Waals surface area contributed by atoms with Gasteiger partial charge in [0.15, 0.2) is 0 Å². The van der Waals surface area contributed by atoms with E-state index in [0.29, 0.717) is 0 Å². The summed E-state index contributed by atoms with van der Waals surface area (Å²) in [6.45, 7) is 5.87. The van der Waals surface area contributed by atoms with Gasteiger partial charge < -0.3 is 10.1 Å². The lowest BCUT2D eigenvalue weighted by atomic mass is 10.1. The van der Waals surface area contributed by atoms with E-state index in [1.165, 1.54) is 0 Å². The second kappa shape index (κ2) is 9.34. The highest BCUT2D eigenvalue weighted by atomic mass is 32.2. The van der Waals surface area contributed by atoms with Crippen LogP contribution < -0.4 is 5.32 Å². The molecule has 1 atom stereocenters. The summed E-state index contributed by atoms with van der Waals surface area (Å²) in [5.74, 6) is 0.762. The van der Waals surface area contributed by atoms with Crippen molar-refractivity contribution in [2.75, 3.05) is 26.0 Å². The predicted octanol–water partition coefficient (Wildman–Crippen LogP) is 4.01. The fraction of sp³-hybridized carbons (Fsp3) is 0.600. The van der Waals surface area contributed by atoms with E-state index < -0.39 is 0 Å². The van der Waals surface area contributed by atoms with Crippen molar-refractivity contribution < 1.29 is 9.13 Å². The van der Waals surface area contributed by atoms with Gasteiger partial charge in [0.2, 0.25) is 0 Å². The van der Waals surface area contributed by atoms with Crippen molar-refractivity contribution in [2.45, 2.75) is 37.6 Å². The predicted molar refractivity (Wildman–Crippen MR) is 80.3 cm³/mol. The van der Waals surface area contributed by atoms with Crippen LogP contribution in [0.4, 0.5) is 4.39 Å². The zero-order valence-corrected chi connectivity index (χ0v) is 12.9. The molecule has 0 amide bonds. The number of halogens is 1. The Labute approximate surface area is 120 Å². The summed E-state index contributed by atoms with van der Waals surface area (Å²) in [5.41, 5.74) is 1.01. The highest BCUT2D eigenvalue weighted by Crippen LogP contribution is 2.25. The van der Waals surface area contributed by atoms with E-state index >= 15 is 0 Å². The molecule has 0 heterocycles. The minimum atomic E-state index is -0.120. The molecule has 0 fully saturated rings. The lowest BCUT2D eigenvalue weighted by molar-refractivity contribution is 0.200. The maximum atomic E-state index is 14.0. The van der Waals surface area contributed by atoms with Crippen molar-refractivity contribution in [3.8, 4) is 0 Å². The van der Waals surface area contributed by atoms with Crippen LogP contribution in [0.25, 0.3) is 0 Å². The van der Waals surface area contributed by atoms with Gasteiger partial charge in [-0.1, -0.05) is 13.0 Å². The number of hydrogen-bond donors (Lipinski definition) is 1. The molecule has 0 bridgehead atoms. The molecule has 0 saturated carbocycles. The number of nitrogens with one attached hydrogen (secondary N) is 1. The first-order valence-electron chi connectivity index (χ1n) is 6.83. The Morgan fingerprint density at radius 2 is 2.21 bits per heavy atom. The molecule has 0 spiro atoms. The van der Waals surface area contributed by atoms with Crippen LogP contribution in [0.5, 0.6) is 0 Å². The van der Waals surface area contributed by atoms with Crippen molar-refractivity contribution in [1.29, 1.82) is 0 Å². The summed E-state index contributed by atoms with van der Waals surface area (Å²) in [4.78, 5) is 0.725. The molecule has 108 valence electrons. The fourth-order valence-electron chi connectivity index (χ4n) is 1.77. The van der Waals surface area contributed by atoms with Crippen molar-refractivity contribution >= 4 is 11.8 Å². The maximum absolute atomic E-state index is 14.0. The third kappa shape index (κ3) is 5.93. The normalized spacial score (nSPS) is 12.6. The molecule has 0 aromatic heterocycles. The summed E-state index contributed by atoms with van der Waals surface area (Å²) in [7, 11) is 1.69. The minimum absolute atomic E-state index is 0.120. The van der Waals surface area contributed by atoms with E-state index in [1.807, 2.05) is 12.1 Å². The summed E-state index contributed by atoms with van der Waals surface area (Å²) in [5, 5.41) is 3.37. The Hall–Kier alpha value is -0.580. The van der Waals surface area contributed by atoms with Crippen LogP contribution in [0.2, 0.25) is 0 Å². The molecule has 0 aliphatic heterocycles. The Balaban J connectivity index is 2.53. The highest BCUT2D eigenvalue weighted by Gasteiger charge is 2.08. The van der Waals surface area contributed by atoms with Crippen LogP contribution in [-0.4, -0.2) is 26.0 Å². The first kappa shape index (κ1) is 16.5. The second-order valence-corrected chi connectivity index (χ2v) is 5.70. The zero-order chi connectivity index (χ0) is 14.1. The van der Waals surface area contributed by atoms with Crippen molar-refractivity contribution in [1.82, 2.24) is 5.32 Å².